The fraction of sp³-hybridized carbons (Fsp3) is 0.435. The summed E-state index contributed by atoms with van der Waals surface area (Å²) in [5.74, 6) is -0.382. The zero-order valence-corrected chi connectivity index (χ0v) is 17.4. The number of likely N-dealkylation sites (tertiary alicyclic amines) is 1. The second-order valence-corrected chi connectivity index (χ2v) is 8.08. The molecule has 0 radical (unpaired) electrons. The van der Waals surface area contributed by atoms with E-state index in [-0.39, 0.29) is 11.9 Å². The number of fused-ring (bicyclic) bond motifs is 1. The summed E-state index contributed by atoms with van der Waals surface area (Å²) in [7, 11) is 0. The van der Waals surface area contributed by atoms with Crippen molar-refractivity contribution >= 4 is 17.7 Å². The van der Waals surface area contributed by atoms with E-state index in [1.54, 1.807) is 31.4 Å². The molecule has 0 bridgehead atoms. The molecular formula is C23H27N3O4. The summed E-state index contributed by atoms with van der Waals surface area (Å²) in [4.78, 5) is 41.8. The van der Waals surface area contributed by atoms with Crippen LogP contribution in [0.5, 0.6) is 0 Å². The molecule has 3 heterocycles. The van der Waals surface area contributed by atoms with E-state index in [1.165, 1.54) is 6.42 Å². The minimum absolute atomic E-state index is 0.0683. The van der Waals surface area contributed by atoms with E-state index >= 15 is 0 Å². The Bertz CT molecular complexity index is 947. The predicted molar refractivity (Wildman–Crippen MR) is 111 cm³/mol. The van der Waals surface area contributed by atoms with Crippen LogP contribution in [-0.2, 0) is 4.79 Å². The van der Waals surface area contributed by atoms with Crippen molar-refractivity contribution < 1.29 is 18.8 Å². The van der Waals surface area contributed by atoms with Crippen molar-refractivity contribution in [3.8, 4) is 0 Å². The van der Waals surface area contributed by atoms with Crippen molar-refractivity contribution in [2.45, 2.75) is 45.2 Å². The van der Waals surface area contributed by atoms with Gasteiger partial charge >= 0.3 is 0 Å². The molecule has 7 heteroatoms. The highest BCUT2D eigenvalue weighted by Gasteiger charge is 2.41. The van der Waals surface area contributed by atoms with Gasteiger partial charge in [-0.15, -0.1) is 0 Å². The molecule has 0 spiro atoms. The van der Waals surface area contributed by atoms with E-state index in [0.717, 1.165) is 42.2 Å². The number of piperidine rings is 1. The molecule has 30 heavy (non-hydrogen) atoms. The lowest BCUT2D eigenvalue weighted by Gasteiger charge is -2.34. The Hall–Kier alpha value is -2.93. The molecule has 3 amide bonds. The molecule has 0 aliphatic carbocycles. The predicted octanol–water partition coefficient (Wildman–Crippen LogP) is 2.92. The number of imide groups is 1. The van der Waals surface area contributed by atoms with Crippen LogP contribution >= 0.6 is 0 Å². The minimum atomic E-state index is -0.892. The SMILES string of the molecule is Cc1ccc2c(c1)C(=O)N([C@H](C)C(=O)NC[C@@H](c1ccco1)N1CCCCC1)C2=O. The number of carbonyl (C=O) groups is 3. The van der Waals surface area contributed by atoms with Crippen molar-refractivity contribution in [3.05, 3.63) is 59.0 Å². The molecule has 1 N–H and O–H groups in total. The Balaban J connectivity index is 1.45. The van der Waals surface area contributed by atoms with E-state index < -0.39 is 17.9 Å². The lowest BCUT2D eigenvalue weighted by atomic mass is 10.1. The normalized spacial score (nSPS) is 18.9. The molecule has 0 saturated carbocycles. The molecular weight excluding hydrogens is 382 g/mol. The maximum atomic E-state index is 12.9. The Morgan fingerprint density at radius 1 is 1.10 bits per heavy atom. The largest absolute Gasteiger partial charge is 0.468 e. The molecule has 1 fully saturated rings. The lowest BCUT2D eigenvalue weighted by molar-refractivity contribution is -0.124. The van der Waals surface area contributed by atoms with Gasteiger partial charge in [-0.3, -0.25) is 24.2 Å². The second kappa shape index (κ2) is 8.44. The van der Waals surface area contributed by atoms with E-state index in [1.807, 2.05) is 19.1 Å². The summed E-state index contributed by atoms with van der Waals surface area (Å²) in [6, 6.07) is 7.95. The van der Waals surface area contributed by atoms with Gasteiger partial charge in [-0.1, -0.05) is 18.1 Å². The molecule has 2 aliphatic rings. The zero-order chi connectivity index (χ0) is 21.3. The number of hydrogen-bond donors (Lipinski definition) is 1. The minimum Gasteiger partial charge on any atom is -0.468 e. The second-order valence-electron chi connectivity index (χ2n) is 8.08. The third-order valence-corrected chi connectivity index (χ3v) is 6.01. The standard InChI is InChI=1S/C23H27N3O4/c1-15-8-9-17-18(13-15)23(29)26(22(17)28)16(2)21(27)24-14-19(20-7-6-12-30-20)25-10-4-3-5-11-25/h6-9,12-13,16,19H,3-5,10-11,14H2,1-2H3,(H,24,27)/t16-,19+/m1/s1. The highest BCUT2D eigenvalue weighted by Crippen LogP contribution is 2.27. The number of rotatable bonds is 6. The molecule has 7 nitrogen and oxygen atoms in total. The number of aryl methyl sites for hydroxylation is 1. The third-order valence-electron chi connectivity index (χ3n) is 6.01. The average Bonchev–Trinajstić information content (AvgIpc) is 3.36. The van der Waals surface area contributed by atoms with Crippen LogP contribution in [0, 0.1) is 6.92 Å². The number of benzene rings is 1. The van der Waals surface area contributed by atoms with Gasteiger partial charge in [-0.25, -0.2) is 0 Å². The first-order valence-corrected chi connectivity index (χ1v) is 10.5. The van der Waals surface area contributed by atoms with Crippen LogP contribution in [-0.4, -0.2) is 53.2 Å². The Kier molecular flexibility index (Phi) is 5.72. The Labute approximate surface area is 176 Å². The summed E-state index contributed by atoms with van der Waals surface area (Å²) in [5.41, 5.74) is 1.62. The zero-order valence-electron chi connectivity index (χ0n) is 17.4. The van der Waals surface area contributed by atoms with Crippen molar-refractivity contribution in [2.75, 3.05) is 19.6 Å². The van der Waals surface area contributed by atoms with Gasteiger partial charge in [-0.05, 0) is 64.0 Å². The molecule has 1 saturated heterocycles. The maximum Gasteiger partial charge on any atom is 0.262 e. The molecule has 1 aromatic heterocycles. The van der Waals surface area contributed by atoms with E-state index in [4.69, 9.17) is 4.42 Å². The third kappa shape index (κ3) is 3.77. The van der Waals surface area contributed by atoms with Gasteiger partial charge in [0.2, 0.25) is 5.91 Å². The Morgan fingerprint density at radius 3 is 2.53 bits per heavy atom. The molecule has 4 rings (SSSR count). The van der Waals surface area contributed by atoms with E-state index in [9.17, 15) is 14.4 Å². The fourth-order valence-corrected chi connectivity index (χ4v) is 4.31. The first-order valence-electron chi connectivity index (χ1n) is 10.5. The quantitative estimate of drug-likeness (QED) is 0.742. The number of hydrogen-bond acceptors (Lipinski definition) is 5. The number of nitrogens with one attached hydrogen (secondary N) is 1. The smallest absolute Gasteiger partial charge is 0.262 e. The first-order chi connectivity index (χ1) is 14.5. The summed E-state index contributed by atoms with van der Waals surface area (Å²) >= 11 is 0. The molecule has 2 atom stereocenters. The topological polar surface area (TPSA) is 82.9 Å². The molecule has 2 aliphatic heterocycles. The summed E-state index contributed by atoms with van der Waals surface area (Å²) < 4.78 is 5.62. The summed E-state index contributed by atoms with van der Waals surface area (Å²) in [6.45, 7) is 5.72. The molecule has 1 aromatic carbocycles. The van der Waals surface area contributed by atoms with Crippen LogP contribution in [0.1, 0.15) is 64.3 Å². The van der Waals surface area contributed by atoms with Gasteiger partial charge in [-0.2, -0.15) is 0 Å². The van der Waals surface area contributed by atoms with Crippen molar-refractivity contribution in [1.29, 1.82) is 0 Å². The van der Waals surface area contributed by atoms with Crippen molar-refractivity contribution in [3.63, 3.8) is 0 Å². The highest BCUT2D eigenvalue weighted by atomic mass is 16.3. The number of carbonyl (C=O) groups excluding carboxylic acids is 3. The van der Waals surface area contributed by atoms with E-state index in [2.05, 4.69) is 10.2 Å². The molecule has 2 aromatic rings. The van der Waals surface area contributed by atoms with Gasteiger partial charge < -0.3 is 9.73 Å². The Morgan fingerprint density at radius 2 is 1.83 bits per heavy atom. The van der Waals surface area contributed by atoms with E-state index in [0.29, 0.717) is 17.7 Å². The molecule has 158 valence electrons. The van der Waals surface area contributed by atoms with Crippen LogP contribution in [0.2, 0.25) is 0 Å². The van der Waals surface area contributed by atoms with Gasteiger partial charge in [0, 0.05) is 6.54 Å². The van der Waals surface area contributed by atoms with Crippen LogP contribution < -0.4 is 5.32 Å². The average molecular weight is 409 g/mol. The monoisotopic (exact) mass is 409 g/mol. The lowest BCUT2D eigenvalue weighted by Crippen LogP contribution is -2.49. The van der Waals surface area contributed by atoms with Gasteiger partial charge in [0.25, 0.3) is 11.8 Å². The van der Waals surface area contributed by atoms with Gasteiger partial charge in [0.15, 0.2) is 0 Å². The number of amides is 3. The van der Waals surface area contributed by atoms with Gasteiger partial charge in [0.1, 0.15) is 11.8 Å². The maximum absolute atomic E-state index is 12.9. The summed E-state index contributed by atoms with van der Waals surface area (Å²) in [6.07, 6.45) is 5.09. The van der Waals surface area contributed by atoms with Crippen molar-refractivity contribution in [1.82, 2.24) is 15.1 Å². The van der Waals surface area contributed by atoms with Crippen LogP contribution in [0.25, 0.3) is 0 Å². The van der Waals surface area contributed by atoms with Crippen LogP contribution in [0.15, 0.2) is 41.0 Å². The van der Waals surface area contributed by atoms with Crippen molar-refractivity contribution in [2.24, 2.45) is 0 Å². The van der Waals surface area contributed by atoms with Gasteiger partial charge in [0.05, 0.1) is 23.4 Å². The molecule has 0 unspecified atom stereocenters. The first kappa shape index (κ1) is 20.3. The number of furan rings is 1. The van der Waals surface area contributed by atoms with Crippen LogP contribution in [0.4, 0.5) is 0 Å². The van der Waals surface area contributed by atoms with Crippen LogP contribution in [0.3, 0.4) is 0 Å². The fourth-order valence-electron chi connectivity index (χ4n) is 4.31. The summed E-state index contributed by atoms with van der Waals surface area (Å²) in [5, 5.41) is 2.94. The highest BCUT2D eigenvalue weighted by molar-refractivity contribution is 6.22. The number of nitrogens with zero attached hydrogens (tertiary/aromatic N) is 2.